The molecule has 2 rings (SSSR count). The Morgan fingerprint density at radius 1 is 1.12 bits per heavy atom. The van der Waals surface area contributed by atoms with Crippen LogP contribution in [0.25, 0.3) is 0 Å². The van der Waals surface area contributed by atoms with Gasteiger partial charge in [0.05, 0.1) is 26.1 Å². The van der Waals surface area contributed by atoms with Crippen molar-refractivity contribution in [3.8, 4) is 11.5 Å². The monoisotopic (exact) mass is 344 g/mol. The van der Waals surface area contributed by atoms with E-state index < -0.39 is 0 Å². The number of carbonyl (C=O) groups excluding carboxylic acids is 1. The molecule has 7 heteroatoms. The van der Waals surface area contributed by atoms with Gasteiger partial charge in [0.15, 0.2) is 11.5 Å². The smallest absolute Gasteiger partial charge is 0.256 e. The van der Waals surface area contributed by atoms with Crippen molar-refractivity contribution in [2.45, 2.75) is 0 Å². The van der Waals surface area contributed by atoms with E-state index in [9.17, 15) is 4.79 Å². The van der Waals surface area contributed by atoms with Gasteiger partial charge in [-0.1, -0.05) is 0 Å². The minimum absolute atomic E-state index is 0.262. The summed E-state index contributed by atoms with van der Waals surface area (Å²) >= 11 is 0. The molecule has 0 fully saturated rings. The number of anilines is 2. The highest BCUT2D eigenvalue weighted by molar-refractivity contribution is 6.04. The van der Waals surface area contributed by atoms with E-state index in [0.717, 1.165) is 18.8 Å². The molecule has 134 valence electrons. The number of pyridine rings is 1. The van der Waals surface area contributed by atoms with Crippen molar-refractivity contribution in [3.63, 3.8) is 0 Å². The molecule has 0 radical (unpaired) electrons. The first-order valence-electron chi connectivity index (χ1n) is 7.91. The SMILES string of the molecule is COc1ccc(C(=O)Nc2ccc(NCCN(C)C)cn2)cc1OC. The van der Waals surface area contributed by atoms with Gasteiger partial charge in [-0.2, -0.15) is 0 Å². The van der Waals surface area contributed by atoms with Crippen LogP contribution in [-0.4, -0.2) is 57.2 Å². The second kappa shape index (κ2) is 8.89. The first kappa shape index (κ1) is 18.5. The summed E-state index contributed by atoms with van der Waals surface area (Å²) in [6.07, 6.45) is 1.69. The summed E-state index contributed by atoms with van der Waals surface area (Å²) in [4.78, 5) is 18.7. The zero-order chi connectivity index (χ0) is 18.2. The van der Waals surface area contributed by atoms with Gasteiger partial charge >= 0.3 is 0 Å². The summed E-state index contributed by atoms with van der Waals surface area (Å²) in [5.74, 6) is 1.30. The Morgan fingerprint density at radius 2 is 1.88 bits per heavy atom. The maximum atomic E-state index is 12.3. The van der Waals surface area contributed by atoms with Crippen LogP contribution in [0.4, 0.5) is 11.5 Å². The van der Waals surface area contributed by atoms with Gasteiger partial charge in [-0.05, 0) is 44.4 Å². The fraction of sp³-hybridized carbons (Fsp3) is 0.333. The number of methoxy groups -OCH3 is 2. The highest BCUT2D eigenvalue weighted by Gasteiger charge is 2.11. The van der Waals surface area contributed by atoms with E-state index in [-0.39, 0.29) is 5.91 Å². The molecule has 0 aliphatic rings. The van der Waals surface area contributed by atoms with Crippen molar-refractivity contribution in [1.29, 1.82) is 0 Å². The summed E-state index contributed by atoms with van der Waals surface area (Å²) < 4.78 is 10.4. The topological polar surface area (TPSA) is 75.7 Å². The summed E-state index contributed by atoms with van der Waals surface area (Å²) in [5, 5.41) is 6.03. The molecule has 1 aromatic carbocycles. The third kappa shape index (κ3) is 5.36. The highest BCUT2D eigenvalue weighted by atomic mass is 16.5. The van der Waals surface area contributed by atoms with Crippen LogP contribution in [0.5, 0.6) is 11.5 Å². The molecule has 1 amide bonds. The first-order valence-corrected chi connectivity index (χ1v) is 7.91. The van der Waals surface area contributed by atoms with Gasteiger partial charge in [-0.15, -0.1) is 0 Å². The lowest BCUT2D eigenvalue weighted by atomic mass is 10.2. The first-order chi connectivity index (χ1) is 12.0. The minimum Gasteiger partial charge on any atom is -0.493 e. The Kier molecular flexibility index (Phi) is 6.59. The molecule has 0 unspecified atom stereocenters. The summed E-state index contributed by atoms with van der Waals surface area (Å²) in [6.45, 7) is 1.75. The number of benzene rings is 1. The lowest BCUT2D eigenvalue weighted by Crippen LogP contribution is -2.20. The third-order valence-corrected chi connectivity index (χ3v) is 3.54. The average molecular weight is 344 g/mol. The van der Waals surface area contributed by atoms with Crippen LogP contribution in [-0.2, 0) is 0 Å². The van der Waals surface area contributed by atoms with Crippen molar-refractivity contribution < 1.29 is 14.3 Å². The van der Waals surface area contributed by atoms with Crippen LogP contribution in [0.1, 0.15) is 10.4 Å². The molecule has 0 aliphatic heterocycles. The summed E-state index contributed by atoms with van der Waals surface area (Å²) in [7, 11) is 7.12. The van der Waals surface area contributed by atoms with Crippen molar-refractivity contribution in [2.24, 2.45) is 0 Å². The molecule has 1 heterocycles. The predicted molar refractivity (Wildman–Crippen MR) is 98.8 cm³/mol. The van der Waals surface area contributed by atoms with Crippen LogP contribution in [0.2, 0.25) is 0 Å². The Balaban J connectivity index is 1.98. The van der Waals surface area contributed by atoms with Crippen LogP contribution in [0.15, 0.2) is 36.5 Å². The van der Waals surface area contributed by atoms with E-state index in [1.807, 2.05) is 20.2 Å². The van der Waals surface area contributed by atoms with Gasteiger partial charge in [0.1, 0.15) is 5.82 Å². The van der Waals surface area contributed by atoms with E-state index in [1.165, 1.54) is 7.11 Å². The van der Waals surface area contributed by atoms with E-state index >= 15 is 0 Å². The van der Waals surface area contributed by atoms with Crippen molar-refractivity contribution in [3.05, 3.63) is 42.1 Å². The number of carbonyl (C=O) groups is 1. The number of hydrogen-bond donors (Lipinski definition) is 2. The van der Waals surface area contributed by atoms with Gasteiger partial charge in [-0.3, -0.25) is 4.79 Å². The van der Waals surface area contributed by atoms with E-state index in [4.69, 9.17) is 9.47 Å². The Hall–Kier alpha value is -2.80. The van der Waals surface area contributed by atoms with Crippen molar-refractivity contribution >= 4 is 17.4 Å². The number of likely N-dealkylation sites (N-methyl/N-ethyl adjacent to an activating group) is 1. The highest BCUT2D eigenvalue weighted by Crippen LogP contribution is 2.27. The lowest BCUT2D eigenvalue weighted by Gasteiger charge is -2.12. The largest absolute Gasteiger partial charge is 0.493 e. The zero-order valence-electron chi connectivity index (χ0n) is 15.0. The standard InChI is InChI=1S/C18H24N4O3/c1-22(2)10-9-19-14-6-8-17(20-12-14)21-18(23)13-5-7-15(24-3)16(11-13)25-4/h5-8,11-12,19H,9-10H2,1-4H3,(H,20,21,23). The van der Waals surface area contributed by atoms with E-state index in [1.54, 1.807) is 37.6 Å². The Morgan fingerprint density at radius 3 is 2.48 bits per heavy atom. The second-order valence-electron chi connectivity index (χ2n) is 5.69. The number of nitrogens with one attached hydrogen (secondary N) is 2. The molecular formula is C18H24N4O3. The second-order valence-corrected chi connectivity index (χ2v) is 5.69. The summed E-state index contributed by atoms with van der Waals surface area (Å²) in [6, 6.07) is 8.64. The van der Waals surface area contributed by atoms with E-state index in [0.29, 0.717) is 22.9 Å². The fourth-order valence-electron chi connectivity index (χ4n) is 2.16. The average Bonchev–Trinajstić information content (AvgIpc) is 2.62. The van der Waals surface area contributed by atoms with Gasteiger partial charge in [-0.25, -0.2) is 4.98 Å². The molecule has 7 nitrogen and oxygen atoms in total. The quantitative estimate of drug-likeness (QED) is 0.765. The van der Waals surface area contributed by atoms with Gasteiger partial charge < -0.3 is 25.0 Å². The van der Waals surface area contributed by atoms with Gasteiger partial charge in [0, 0.05) is 18.7 Å². The molecule has 1 aromatic heterocycles. The van der Waals surface area contributed by atoms with Crippen LogP contribution in [0, 0.1) is 0 Å². The molecule has 0 atom stereocenters. The molecule has 25 heavy (non-hydrogen) atoms. The van der Waals surface area contributed by atoms with Gasteiger partial charge in [0.25, 0.3) is 5.91 Å². The van der Waals surface area contributed by atoms with Crippen LogP contribution >= 0.6 is 0 Å². The Labute approximate surface area is 148 Å². The number of aromatic nitrogens is 1. The van der Waals surface area contributed by atoms with Crippen LogP contribution < -0.4 is 20.1 Å². The fourth-order valence-corrected chi connectivity index (χ4v) is 2.16. The predicted octanol–water partition coefficient (Wildman–Crippen LogP) is 2.32. The molecule has 0 aliphatic carbocycles. The molecule has 0 bridgehead atoms. The maximum Gasteiger partial charge on any atom is 0.256 e. The normalized spacial score (nSPS) is 10.4. The van der Waals surface area contributed by atoms with Crippen molar-refractivity contribution in [1.82, 2.24) is 9.88 Å². The molecule has 0 saturated heterocycles. The van der Waals surface area contributed by atoms with Crippen molar-refractivity contribution in [2.75, 3.05) is 52.0 Å². The minimum atomic E-state index is -0.262. The number of nitrogens with zero attached hydrogens (tertiary/aromatic N) is 2. The molecule has 0 spiro atoms. The van der Waals surface area contributed by atoms with E-state index in [2.05, 4.69) is 20.5 Å². The number of hydrogen-bond acceptors (Lipinski definition) is 6. The Bertz CT molecular complexity index is 702. The molecule has 2 N–H and O–H groups in total. The number of amides is 1. The molecule has 0 saturated carbocycles. The molecule has 2 aromatic rings. The van der Waals surface area contributed by atoms with Gasteiger partial charge in [0.2, 0.25) is 0 Å². The number of ether oxygens (including phenoxy) is 2. The zero-order valence-corrected chi connectivity index (χ0v) is 15.0. The van der Waals surface area contributed by atoms with Crippen LogP contribution in [0.3, 0.4) is 0 Å². The summed E-state index contributed by atoms with van der Waals surface area (Å²) in [5.41, 5.74) is 1.37. The maximum absolute atomic E-state index is 12.3. The lowest BCUT2D eigenvalue weighted by molar-refractivity contribution is 0.102. The molecular weight excluding hydrogens is 320 g/mol. The third-order valence-electron chi connectivity index (χ3n) is 3.54. The number of rotatable bonds is 8.